The topological polar surface area (TPSA) is 20.3 Å². The van der Waals surface area contributed by atoms with E-state index in [4.69, 9.17) is 0 Å². The number of hydrogen-bond acceptors (Lipinski definition) is 1. The molecule has 0 aromatic rings. The Kier molecular flexibility index (Phi) is 3.15. The maximum atomic E-state index is 12.8. The van der Waals surface area contributed by atoms with Crippen LogP contribution in [0.4, 0.5) is 0 Å². The van der Waals surface area contributed by atoms with Gasteiger partial charge in [0.2, 0.25) is 5.91 Å². The third-order valence-electron chi connectivity index (χ3n) is 6.11. The van der Waals surface area contributed by atoms with Crippen LogP contribution in [0.5, 0.6) is 0 Å². The lowest BCUT2D eigenvalue weighted by Gasteiger charge is -2.54. The van der Waals surface area contributed by atoms with Crippen LogP contribution < -0.4 is 0 Å². The highest BCUT2D eigenvalue weighted by molar-refractivity contribution is 5.80. The lowest BCUT2D eigenvalue weighted by atomic mass is 9.51. The van der Waals surface area contributed by atoms with Gasteiger partial charge >= 0.3 is 0 Å². The third kappa shape index (κ3) is 1.88. The van der Waals surface area contributed by atoms with Crippen molar-refractivity contribution in [1.29, 1.82) is 0 Å². The van der Waals surface area contributed by atoms with Crippen molar-refractivity contribution in [2.45, 2.75) is 58.4 Å². The molecule has 0 aliphatic heterocycles. The first-order chi connectivity index (χ1) is 8.60. The van der Waals surface area contributed by atoms with Crippen LogP contribution in [-0.2, 0) is 4.79 Å². The van der Waals surface area contributed by atoms with Crippen LogP contribution in [-0.4, -0.2) is 23.9 Å². The summed E-state index contributed by atoms with van der Waals surface area (Å²) in [4.78, 5) is 14.8. The average Bonchev–Trinajstić information content (AvgIpc) is 2.35. The number of amides is 1. The molecule has 2 heteroatoms. The van der Waals surface area contributed by atoms with Crippen molar-refractivity contribution in [1.82, 2.24) is 4.90 Å². The first kappa shape index (κ1) is 12.5. The molecule has 0 aromatic carbocycles. The van der Waals surface area contributed by atoms with E-state index in [1.165, 1.54) is 32.1 Å². The van der Waals surface area contributed by atoms with Crippen LogP contribution in [0.2, 0.25) is 0 Å². The number of carbonyl (C=O) groups excluding carboxylic acids is 1. The van der Waals surface area contributed by atoms with E-state index in [1.807, 2.05) is 11.9 Å². The van der Waals surface area contributed by atoms with E-state index in [1.54, 1.807) is 0 Å². The summed E-state index contributed by atoms with van der Waals surface area (Å²) in [5.41, 5.74) is 0. The minimum absolute atomic E-state index is 0.372. The number of rotatable bonds is 3. The number of hydrogen-bond donors (Lipinski definition) is 0. The zero-order valence-corrected chi connectivity index (χ0v) is 12.1. The summed E-state index contributed by atoms with van der Waals surface area (Å²) in [6.07, 6.45) is 7.91. The van der Waals surface area contributed by atoms with Crippen LogP contribution in [0, 0.1) is 29.6 Å². The molecule has 4 bridgehead atoms. The molecule has 4 rings (SSSR count). The smallest absolute Gasteiger partial charge is 0.226 e. The Bertz CT molecular complexity index is 310. The van der Waals surface area contributed by atoms with Crippen LogP contribution in [0.15, 0.2) is 0 Å². The van der Waals surface area contributed by atoms with Crippen molar-refractivity contribution >= 4 is 5.91 Å². The predicted molar refractivity (Wildman–Crippen MR) is 73.1 cm³/mol. The molecule has 0 radical (unpaired) electrons. The molecule has 0 spiro atoms. The zero-order chi connectivity index (χ0) is 12.9. The molecule has 1 atom stereocenters. The van der Waals surface area contributed by atoms with Gasteiger partial charge in [0.25, 0.3) is 0 Å². The molecule has 0 aromatic heterocycles. The van der Waals surface area contributed by atoms with E-state index in [9.17, 15) is 4.79 Å². The van der Waals surface area contributed by atoms with Gasteiger partial charge in [0.1, 0.15) is 0 Å². The second kappa shape index (κ2) is 4.54. The Morgan fingerprint density at radius 2 is 1.61 bits per heavy atom. The highest BCUT2D eigenvalue weighted by Gasteiger charge is 2.51. The normalized spacial score (nSPS) is 42.9. The molecule has 1 amide bonds. The lowest BCUT2D eigenvalue weighted by Crippen LogP contribution is -2.52. The first-order valence-electron chi connectivity index (χ1n) is 7.86. The maximum Gasteiger partial charge on any atom is 0.226 e. The number of carbonyl (C=O) groups is 1. The third-order valence-corrected chi connectivity index (χ3v) is 6.11. The van der Waals surface area contributed by atoms with Crippen molar-refractivity contribution in [2.24, 2.45) is 29.6 Å². The average molecular weight is 249 g/mol. The molecular weight excluding hydrogens is 222 g/mol. The van der Waals surface area contributed by atoms with Gasteiger partial charge in [0.05, 0.1) is 0 Å². The molecule has 4 aliphatic carbocycles. The van der Waals surface area contributed by atoms with Gasteiger partial charge in [-0.2, -0.15) is 0 Å². The minimum atomic E-state index is 0.372. The fourth-order valence-corrected chi connectivity index (χ4v) is 5.05. The van der Waals surface area contributed by atoms with Crippen molar-refractivity contribution < 1.29 is 4.79 Å². The quantitative estimate of drug-likeness (QED) is 0.751. The minimum Gasteiger partial charge on any atom is -0.343 e. The molecule has 0 saturated heterocycles. The van der Waals surface area contributed by atoms with Crippen molar-refractivity contribution in [3.8, 4) is 0 Å². The highest BCUT2D eigenvalue weighted by atomic mass is 16.2. The van der Waals surface area contributed by atoms with Gasteiger partial charge in [0, 0.05) is 19.0 Å². The lowest BCUT2D eigenvalue weighted by molar-refractivity contribution is -0.149. The zero-order valence-electron chi connectivity index (χ0n) is 12.1. The molecule has 2 nitrogen and oxygen atoms in total. The molecule has 1 unspecified atom stereocenters. The van der Waals surface area contributed by atoms with E-state index in [2.05, 4.69) is 13.8 Å². The van der Waals surface area contributed by atoms with Gasteiger partial charge in [-0.3, -0.25) is 4.79 Å². The van der Waals surface area contributed by atoms with Gasteiger partial charge in [-0.1, -0.05) is 6.92 Å². The number of nitrogens with zero attached hydrogens (tertiary/aromatic N) is 1. The Labute approximate surface area is 111 Å². The SMILES string of the molecule is CCC(C)N(C)C(=O)C1C2CC3CC(C2)CC1C3. The summed E-state index contributed by atoms with van der Waals surface area (Å²) in [7, 11) is 2.02. The summed E-state index contributed by atoms with van der Waals surface area (Å²) in [6, 6.07) is 0.398. The van der Waals surface area contributed by atoms with Crippen LogP contribution in [0.25, 0.3) is 0 Å². The molecule has 0 N–H and O–H groups in total. The Morgan fingerprint density at radius 1 is 1.11 bits per heavy atom. The molecule has 4 saturated carbocycles. The fourth-order valence-electron chi connectivity index (χ4n) is 5.05. The maximum absolute atomic E-state index is 12.8. The molecule has 102 valence electrons. The summed E-state index contributed by atoms with van der Waals surface area (Å²) >= 11 is 0. The molecule has 0 heterocycles. The van der Waals surface area contributed by atoms with Crippen molar-refractivity contribution in [3.63, 3.8) is 0 Å². The second-order valence-electron chi connectivity index (χ2n) is 7.16. The fraction of sp³-hybridized carbons (Fsp3) is 0.938. The van der Waals surface area contributed by atoms with Gasteiger partial charge in [-0.15, -0.1) is 0 Å². The standard InChI is InChI=1S/C16H27NO/c1-4-10(2)17(3)16(18)15-13-6-11-5-12(8-13)9-14(15)7-11/h10-15H,4-9H2,1-3H3. The largest absolute Gasteiger partial charge is 0.343 e. The summed E-state index contributed by atoms with van der Waals surface area (Å²) < 4.78 is 0. The van der Waals surface area contributed by atoms with Gasteiger partial charge in [0.15, 0.2) is 0 Å². The Balaban J connectivity index is 1.74. The predicted octanol–water partition coefficient (Wildman–Crippen LogP) is 3.32. The molecule has 4 fully saturated rings. The van der Waals surface area contributed by atoms with E-state index < -0.39 is 0 Å². The summed E-state index contributed by atoms with van der Waals surface area (Å²) in [5, 5.41) is 0. The van der Waals surface area contributed by atoms with E-state index in [-0.39, 0.29) is 0 Å². The van der Waals surface area contributed by atoms with Crippen molar-refractivity contribution in [2.75, 3.05) is 7.05 Å². The van der Waals surface area contributed by atoms with Crippen LogP contribution in [0.1, 0.15) is 52.4 Å². The van der Waals surface area contributed by atoms with Gasteiger partial charge in [-0.05, 0) is 69.1 Å². The van der Waals surface area contributed by atoms with Crippen LogP contribution >= 0.6 is 0 Å². The Hall–Kier alpha value is -0.530. The van der Waals surface area contributed by atoms with Gasteiger partial charge in [-0.25, -0.2) is 0 Å². The monoisotopic (exact) mass is 249 g/mol. The molecule has 18 heavy (non-hydrogen) atoms. The van der Waals surface area contributed by atoms with E-state index >= 15 is 0 Å². The van der Waals surface area contributed by atoms with Gasteiger partial charge < -0.3 is 4.90 Å². The molecular formula is C16H27NO. The first-order valence-corrected chi connectivity index (χ1v) is 7.86. The molecule has 4 aliphatic rings. The van der Waals surface area contributed by atoms with E-state index in [0.717, 1.165) is 30.1 Å². The Morgan fingerprint density at radius 3 is 2.06 bits per heavy atom. The summed E-state index contributed by atoms with van der Waals surface area (Å²) in [5.74, 6) is 4.20. The summed E-state index contributed by atoms with van der Waals surface area (Å²) in [6.45, 7) is 4.35. The van der Waals surface area contributed by atoms with Crippen molar-refractivity contribution in [3.05, 3.63) is 0 Å². The second-order valence-corrected chi connectivity index (χ2v) is 7.16. The highest BCUT2D eigenvalue weighted by Crippen LogP contribution is 2.56. The van der Waals surface area contributed by atoms with Crippen LogP contribution in [0.3, 0.4) is 0 Å². The van der Waals surface area contributed by atoms with E-state index in [0.29, 0.717) is 17.9 Å².